The Morgan fingerprint density at radius 2 is 1.74 bits per heavy atom. The SMILES string of the molecule is COc1cc(NC(=O)c2ccc(NCCN(C)C)nc2)cc(OC)c1OC. The van der Waals surface area contributed by atoms with Crippen LogP contribution in [0.1, 0.15) is 10.4 Å². The summed E-state index contributed by atoms with van der Waals surface area (Å²) in [6.07, 6.45) is 1.53. The minimum Gasteiger partial charge on any atom is -0.493 e. The van der Waals surface area contributed by atoms with E-state index in [1.54, 1.807) is 24.3 Å². The third-order valence-electron chi connectivity index (χ3n) is 3.81. The van der Waals surface area contributed by atoms with Crippen LogP contribution in [0.5, 0.6) is 17.2 Å². The Bertz CT molecular complexity index is 738. The lowest BCUT2D eigenvalue weighted by Crippen LogP contribution is -2.21. The summed E-state index contributed by atoms with van der Waals surface area (Å²) in [4.78, 5) is 18.8. The molecule has 0 saturated carbocycles. The number of methoxy groups -OCH3 is 3. The Morgan fingerprint density at radius 3 is 2.22 bits per heavy atom. The Morgan fingerprint density at radius 1 is 1.07 bits per heavy atom. The highest BCUT2D eigenvalue weighted by molar-refractivity contribution is 6.04. The van der Waals surface area contributed by atoms with Gasteiger partial charge >= 0.3 is 0 Å². The molecule has 8 heteroatoms. The predicted molar refractivity (Wildman–Crippen MR) is 105 cm³/mol. The number of anilines is 2. The standard InChI is InChI=1S/C19H26N4O4/c1-23(2)9-8-20-17-7-6-13(12-21-17)19(24)22-14-10-15(25-3)18(27-5)16(11-14)26-4/h6-7,10-12H,8-9H2,1-5H3,(H,20,21)(H,22,24). The summed E-state index contributed by atoms with van der Waals surface area (Å²) in [5.41, 5.74) is 0.976. The monoisotopic (exact) mass is 374 g/mol. The van der Waals surface area contributed by atoms with Gasteiger partial charge in [-0.05, 0) is 26.2 Å². The second kappa shape index (κ2) is 9.63. The van der Waals surface area contributed by atoms with E-state index in [1.165, 1.54) is 27.5 Å². The van der Waals surface area contributed by atoms with Crippen LogP contribution < -0.4 is 24.8 Å². The summed E-state index contributed by atoms with van der Waals surface area (Å²) in [5.74, 6) is 1.84. The number of pyridine rings is 1. The summed E-state index contributed by atoms with van der Waals surface area (Å²) in [6.45, 7) is 1.67. The van der Waals surface area contributed by atoms with Crippen molar-refractivity contribution in [3.05, 3.63) is 36.0 Å². The van der Waals surface area contributed by atoms with Crippen LogP contribution in [0.15, 0.2) is 30.5 Å². The van der Waals surface area contributed by atoms with Crippen molar-refractivity contribution >= 4 is 17.4 Å². The molecule has 0 radical (unpaired) electrons. The van der Waals surface area contributed by atoms with E-state index < -0.39 is 0 Å². The second-order valence-corrected chi connectivity index (χ2v) is 6.03. The first-order chi connectivity index (χ1) is 13.0. The summed E-state index contributed by atoms with van der Waals surface area (Å²) < 4.78 is 15.9. The van der Waals surface area contributed by atoms with Crippen molar-refractivity contribution in [3.63, 3.8) is 0 Å². The van der Waals surface area contributed by atoms with Crippen LogP contribution in [0.3, 0.4) is 0 Å². The van der Waals surface area contributed by atoms with Crippen LogP contribution in [-0.2, 0) is 0 Å². The van der Waals surface area contributed by atoms with Gasteiger partial charge < -0.3 is 29.7 Å². The summed E-state index contributed by atoms with van der Waals surface area (Å²) >= 11 is 0. The fraction of sp³-hybridized carbons (Fsp3) is 0.368. The van der Waals surface area contributed by atoms with Gasteiger partial charge in [0.2, 0.25) is 5.75 Å². The van der Waals surface area contributed by atoms with Crippen LogP contribution in [0.4, 0.5) is 11.5 Å². The van der Waals surface area contributed by atoms with Crippen molar-refractivity contribution in [2.75, 3.05) is 59.1 Å². The van der Waals surface area contributed by atoms with Gasteiger partial charge in [-0.1, -0.05) is 0 Å². The molecule has 1 aromatic carbocycles. The Kier molecular flexibility index (Phi) is 7.25. The lowest BCUT2D eigenvalue weighted by Gasteiger charge is -2.14. The maximum atomic E-state index is 12.5. The Hall–Kier alpha value is -3.00. The van der Waals surface area contributed by atoms with Gasteiger partial charge in [-0.15, -0.1) is 0 Å². The molecule has 1 aromatic heterocycles. The van der Waals surface area contributed by atoms with E-state index in [-0.39, 0.29) is 5.91 Å². The highest BCUT2D eigenvalue weighted by atomic mass is 16.5. The van der Waals surface area contributed by atoms with Crippen molar-refractivity contribution in [3.8, 4) is 17.2 Å². The molecule has 0 aliphatic heterocycles. The number of nitrogens with zero attached hydrogens (tertiary/aromatic N) is 2. The number of likely N-dealkylation sites (N-methyl/N-ethyl adjacent to an activating group) is 1. The molecule has 0 aliphatic carbocycles. The number of rotatable bonds is 9. The zero-order valence-electron chi connectivity index (χ0n) is 16.3. The molecule has 0 bridgehead atoms. The van der Waals surface area contributed by atoms with Gasteiger partial charge in [0.05, 0.1) is 26.9 Å². The summed E-state index contributed by atoms with van der Waals surface area (Å²) in [5, 5.41) is 6.02. The van der Waals surface area contributed by atoms with Crippen LogP contribution in [0.25, 0.3) is 0 Å². The number of hydrogen-bond acceptors (Lipinski definition) is 7. The zero-order valence-corrected chi connectivity index (χ0v) is 16.3. The number of carbonyl (C=O) groups is 1. The first kappa shape index (κ1) is 20.3. The molecule has 1 heterocycles. The first-order valence-corrected chi connectivity index (χ1v) is 8.44. The molecule has 0 unspecified atom stereocenters. The Labute approximate surface area is 159 Å². The van der Waals surface area contributed by atoms with Gasteiger partial charge in [0, 0.05) is 37.1 Å². The number of ether oxygens (including phenoxy) is 3. The quantitative estimate of drug-likeness (QED) is 0.697. The largest absolute Gasteiger partial charge is 0.493 e. The minimum atomic E-state index is -0.281. The van der Waals surface area contributed by atoms with Crippen molar-refractivity contribution in [1.82, 2.24) is 9.88 Å². The van der Waals surface area contributed by atoms with Crippen LogP contribution in [-0.4, -0.2) is 64.3 Å². The molecule has 0 saturated heterocycles. The molecular weight excluding hydrogens is 348 g/mol. The maximum Gasteiger partial charge on any atom is 0.257 e. The van der Waals surface area contributed by atoms with Gasteiger partial charge in [-0.25, -0.2) is 4.98 Å². The van der Waals surface area contributed by atoms with Gasteiger partial charge in [0.25, 0.3) is 5.91 Å². The predicted octanol–water partition coefficient (Wildman–Crippen LogP) is 2.33. The average molecular weight is 374 g/mol. The summed E-state index contributed by atoms with van der Waals surface area (Å²) in [6, 6.07) is 6.84. The van der Waals surface area contributed by atoms with E-state index in [0.717, 1.165) is 18.9 Å². The highest BCUT2D eigenvalue weighted by Crippen LogP contribution is 2.39. The van der Waals surface area contributed by atoms with Crippen molar-refractivity contribution in [1.29, 1.82) is 0 Å². The number of benzene rings is 1. The van der Waals surface area contributed by atoms with Crippen LogP contribution in [0, 0.1) is 0 Å². The van der Waals surface area contributed by atoms with Crippen LogP contribution >= 0.6 is 0 Å². The summed E-state index contributed by atoms with van der Waals surface area (Å²) in [7, 11) is 8.58. The number of carbonyl (C=O) groups excluding carboxylic acids is 1. The molecular formula is C19H26N4O4. The second-order valence-electron chi connectivity index (χ2n) is 6.03. The molecule has 146 valence electrons. The number of amides is 1. The molecule has 0 atom stereocenters. The van der Waals surface area contributed by atoms with E-state index in [9.17, 15) is 4.79 Å². The molecule has 2 aromatic rings. The fourth-order valence-electron chi connectivity index (χ4n) is 2.40. The molecule has 2 N–H and O–H groups in total. The third kappa shape index (κ3) is 5.49. The molecule has 2 rings (SSSR count). The van der Waals surface area contributed by atoms with Gasteiger partial charge in [-0.3, -0.25) is 4.79 Å². The molecule has 8 nitrogen and oxygen atoms in total. The normalized spacial score (nSPS) is 10.4. The van der Waals surface area contributed by atoms with Crippen molar-refractivity contribution < 1.29 is 19.0 Å². The maximum absolute atomic E-state index is 12.5. The number of aromatic nitrogens is 1. The number of nitrogens with one attached hydrogen (secondary N) is 2. The van der Waals surface area contributed by atoms with Crippen LogP contribution in [0.2, 0.25) is 0 Å². The highest BCUT2D eigenvalue weighted by Gasteiger charge is 2.15. The lowest BCUT2D eigenvalue weighted by molar-refractivity contribution is 0.102. The van der Waals surface area contributed by atoms with E-state index in [1.807, 2.05) is 14.1 Å². The van der Waals surface area contributed by atoms with Gasteiger partial charge in [-0.2, -0.15) is 0 Å². The fourth-order valence-corrected chi connectivity index (χ4v) is 2.40. The molecule has 0 spiro atoms. The Balaban J connectivity index is 2.08. The topological polar surface area (TPSA) is 85.0 Å². The van der Waals surface area contributed by atoms with E-state index in [4.69, 9.17) is 14.2 Å². The average Bonchev–Trinajstić information content (AvgIpc) is 2.67. The third-order valence-corrected chi connectivity index (χ3v) is 3.81. The lowest BCUT2D eigenvalue weighted by atomic mass is 10.2. The number of hydrogen-bond donors (Lipinski definition) is 2. The zero-order chi connectivity index (χ0) is 19.8. The molecule has 27 heavy (non-hydrogen) atoms. The smallest absolute Gasteiger partial charge is 0.257 e. The van der Waals surface area contributed by atoms with Crippen molar-refractivity contribution in [2.45, 2.75) is 0 Å². The van der Waals surface area contributed by atoms with E-state index in [2.05, 4.69) is 20.5 Å². The first-order valence-electron chi connectivity index (χ1n) is 8.44. The van der Waals surface area contributed by atoms with E-state index >= 15 is 0 Å². The molecule has 1 amide bonds. The molecule has 0 aliphatic rings. The van der Waals surface area contributed by atoms with Gasteiger partial charge in [0.1, 0.15) is 5.82 Å². The molecule has 0 fully saturated rings. The van der Waals surface area contributed by atoms with Gasteiger partial charge in [0.15, 0.2) is 11.5 Å². The minimum absolute atomic E-state index is 0.281. The van der Waals surface area contributed by atoms with E-state index in [0.29, 0.717) is 28.5 Å². The van der Waals surface area contributed by atoms with Crippen molar-refractivity contribution in [2.24, 2.45) is 0 Å².